The van der Waals surface area contributed by atoms with Crippen molar-refractivity contribution in [2.24, 2.45) is 4.99 Å². The molecule has 1 aromatic heterocycles. The molecule has 0 aliphatic carbocycles. The highest BCUT2D eigenvalue weighted by molar-refractivity contribution is 5.83. The van der Waals surface area contributed by atoms with Gasteiger partial charge < -0.3 is 15.6 Å². The molecule has 2 heterocycles. The fraction of sp³-hybridized carbons (Fsp3) is 0.130. The van der Waals surface area contributed by atoms with Crippen LogP contribution in [0.4, 0.5) is 11.4 Å². The average molecular weight is 369 g/mol. The number of hydrogen-bond donors (Lipinski definition) is 3. The Balaban J connectivity index is 1.71. The van der Waals surface area contributed by atoms with Gasteiger partial charge in [0.2, 0.25) is 0 Å². The van der Waals surface area contributed by atoms with Crippen LogP contribution in [0.5, 0.6) is 0 Å². The number of para-hydroxylation sites is 2. The Hall–Kier alpha value is -3.60. The summed E-state index contributed by atoms with van der Waals surface area (Å²) in [6.45, 7) is 12.6. The number of nitrogens with zero attached hydrogens (tertiary/aromatic N) is 2. The largest absolute Gasteiger partial charge is 0.379 e. The van der Waals surface area contributed by atoms with Gasteiger partial charge in [0.05, 0.1) is 22.4 Å². The number of rotatable bonds is 5. The molecule has 0 spiro atoms. The van der Waals surface area contributed by atoms with Crippen molar-refractivity contribution in [1.29, 1.82) is 0 Å². The van der Waals surface area contributed by atoms with E-state index in [1.54, 1.807) is 0 Å². The molecular weight excluding hydrogens is 346 g/mol. The summed E-state index contributed by atoms with van der Waals surface area (Å²) in [5.74, 6) is 0.838. The van der Waals surface area contributed by atoms with Gasteiger partial charge in [0.25, 0.3) is 0 Å². The normalized spacial score (nSPS) is 13.7. The number of aliphatic imine (C=N–C) groups is 1. The molecule has 0 unspecified atom stereocenters. The maximum Gasteiger partial charge on any atom is 0.138 e. The smallest absolute Gasteiger partial charge is 0.138 e. The predicted molar refractivity (Wildman–Crippen MR) is 118 cm³/mol. The highest BCUT2D eigenvalue weighted by atomic mass is 14.9. The Kier molecular flexibility index (Phi) is 4.57. The van der Waals surface area contributed by atoms with E-state index < -0.39 is 0 Å². The third-order valence-corrected chi connectivity index (χ3v) is 5.01. The first-order chi connectivity index (χ1) is 13.6. The Morgan fingerprint density at radius 1 is 1.18 bits per heavy atom. The number of fused-ring (bicyclic) bond motifs is 1. The van der Waals surface area contributed by atoms with E-state index in [0.29, 0.717) is 6.54 Å². The number of allylic oxidation sites excluding steroid dienone is 2. The van der Waals surface area contributed by atoms with Gasteiger partial charge >= 0.3 is 0 Å². The third-order valence-electron chi connectivity index (χ3n) is 5.01. The van der Waals surface area contributed by atoms with E-state index in [4.69, 9.17) is 4.98 Å². The lowest BCUT2D eigenvalue weighted by atomic mass is 10.0. The number of aryl methyl sites for hydroxylation is 1. The molecule has 140 valence electrons. The summed E-state index contributed by atoms with van der Waals surface area (Å²) >= 11 is 0. The summed E-state index contributed by atoms with van der Waals surface area (Å²) in [5, 5.41) is 6.68. The van der Waals surface area contributed by atoms with Crippen LogP contribution in [0.1, 0.15) is 12.5 Å². The Morgan fingerprint density at radius 3 is 2.75 bits per heavy atom. The number of hydrogen-bond acceptors (Lipinski definition) is 4. The van der Waals surface area contributed by atoms with Crippen molar-refractivity contribution in [2.75, 3.05) is 11.9 Å². The van der Waals surface area contributed by atoms with Crippen LogP contribution >= 0.6 is 0 Å². The number of dihydropyridines is 1. The minimum atomic E-state index is 0.646. The van der Waals surface area contributed by atoms with E-state index in [1.807, 2.05) is 37.4 Å². The molecule has 0 saturated carbocycles. The molecule has 0 amide bonds. The van der Waals surface area contributed by atoms with Crippen LogP contribution in [0.3, 0.4) is 0 Å². The molecule has 0 atom stereocenters. The molecule has 0 saturated heterocycles. The van der Waals surface area contributed by atoms with Crippen molar-refractivity contribution < 1.29 is 0 Å². The van der Waals surface area contributed by atoms with Gasteiger partial charge in [0.15, 0.2) is 0 Å². The molecule has 5 heteroatoms. The minimum Gasteiger partial charge on any atom is -0.379 e. The number of aromatic amines is 1. The fourth-order valence-electron chi connectivity index (χ4n) is 3.47. The van der Waals surface area contributed by atoms with Crippen molar-refractivity contribution in [2.45, 2.75) is 13.8 Å². The quantitative estimate of drug-likeness (QED) is 0.540. The van der Waals surface area contributed by atoms with Crippen molar-refractivity contribution in [3.8, 4) is 11.4 Å². The van der Waals surface area contributed by atoms with E-state index in [0.717, 1.165) is 50.6 Å². The lowest BCUT2D eigenvalue weighted by Crippen LogP contribution is -2.17. The average Bonchev–Trinajstić information content (AvgIpc) is 3.11. The lowest BCUT2D eigenvalue weighted by Gasteiger charge is -2.20. The van der Waals surface area contributed by atoms with E-state index in [1.165, 1.54) is 5.57 Å². The molecule has 5 nitrogen and oxygen atoms in total. The number of anilines is 1. The van der Waals surface area contributed by atoms with Crippen LogP contribution in [0, 0.1) is 6.92 Å². The van der Waals surface area contributed by atoms with E-state index in [2.05, 4.69) is 59.0 Å². The van der Waals surface area contributed by atoms with Crippen LogP contribution in [-0.2, 0) is 0 Å². The highest BCUT2D eigenvalue weighted by Gasteiger charge is 2.14. The summed E-state index contributed by atoms with van der Waals surface area (Å²) in [6, 6.07) is 12.2. The Morgan fingerprint density at radius 2 is 2.00 bits per heavy atom. The zero-order chi connectivity index (χ0) is 19.7. The van der Waals surface area contributed by atoms with E-state index in [9.17, 15) is 0 Å². The van der Waals surface area contributed by atoms with Crippen LogP contribution in [0.25, 0.3) is 22.4 Å². The van der Waals surface area contributed by atoms with Gasteiger partial charge in [-0.05, 0) is 67.6 Å². The molecule has 3 aromatic rings. The molecule has 0 bridgehead atoms. The predicted octanol–water partition coefficient (Wildman–Crippen LogP) is 5.23. The van der Waals surface area contributed by atoms with E-state index in [-0.39, 0.29) is 0 Å². The number of aromatic nitrogens is 2. The maximum absolute atomic E-state index is 4.72. The van der Waals surface area contributed by atoms with Crippen molar-refractivity contribution in [3.05, 3.63) is 77.7 Å². The lowest BCUT2D eigenvalue weighted by molar-refractivity contribution is 1.00. The summed E-state index contributed by atoms with van der Waals surface area (Å²) < 4.78 is 0. The zero-order valence-electron chi connectivity index (χ0n) is 16.1. The molecule has 1 aliphatic rings. The van der Waals surface area contributed by atoms with Crippen molar-refractivity contribution in [3.63, 3.8) is 0 Å². The maximum atomic E-state index is 4.72. The number of nitrogens with one attached hydrogen (secondary N) is 3. The van der Waals surface area contributed by atoms with Gasteiger partial charge in [0, 0.05) is 24.0 Å². The highest BCUT2D eigenvalue weighted by Crippen LogP contribution is 2.34. The molecule has 3 N–H and O–H groups in total. The molecular formula is C23H23N5. The minimum absolute atomic E-state index is 0.646. The first kappa shape index (κ1) is 17.8. The van der Waals surface area contributed by atoms with Crippen LogP contribution in [-0.4, -0.2) is 23.2 Å². The van der Waals surface area contributed by atoms with Gasteiger partial charge in [0.1, 0.15) is 5.82 Å². The van der Waals surface area contributed by atoms with Gasteiger partial charge in [-0.25, -0.2) is 4.98 Å². The molecule has 28 heavy (non-hydrogen) atoms. The molecule has 0 fully saturated rings. The fourth-order valence-corrected chi connectivity index (χ4v) is 3.47. The summed E-state index contributed by atoms with van der Waals surface area (Å²) in [4.78, 5) is 12.4. The van der Waals surface area contributed by atoms with E-state index >= 15 is 0 Å². The second kappa shape index (κ2) is 7.19. The number of benzene rings is 2. The molecule has 0 radical (unpaired) electrons. The molecule has 1 aliphatic heterocycles. The van der Waals surface area contributed by atoms with Gasteiger partial charge in [-0.3, -0.25) is 4.99 Å². The Bertz CT molecular complexity index is 1110. The van der Waals surface area contributed by atoms with Gasteiger partial charge in [-0.1, -0.05) is 18.7 Å². The second-order valence-electron chi connectivity index (χ2n) is 6.92. The number of H-pyrrole nitrogens is 1. The standard InChI is InChI=1S/C23H23N5/c1-14-9-10-25-16(3)18(14)13-26-21-12-17(11-15(2)22(21)24-4)23-27-19-7-5-6-8-20(19)28-23/h5-12,25-26H,3-4,13H2,1-2H3,(H,27,28). The topological polar surface area (TPSA) is 65.1 Å². The molecule has 4 rings (SSSR count). The zero-order valence-corrected chi connectivity index (χ0v) is 16.1. The van der Waals surface area contributed by atoms with Crippen molar-refractivity contribution in [1.82, 2.24) is 15.3 Å². The van der Waals surface area contributed by atoms with Crippen LogP contribution in [0.2, 0.25) is 0 Å². The van der Waals surface area contributed by atoms with Crippen molar-refractivity contribution >= 4 is 29.1 Å². The SMILES string of the molecule is C=Nc1c(C)cc(-c2nc3ccccc3[nH]2)cc1NCC1=C(C)C=CNC1=C. The summed E-state index contributed by atoms with van der Waals surface area (Å²) in [7, 11) is 0. The first-order valence-corrected chi connectivity index (χ1v) is 9.19. The Labute approximate surface area is 164 Å². The van der Waals surface area contributed by atoms with Gasteiger partial charge in [-0.15, -0.1) is 0 Å². The monoisotopic (exact) mass is 369 g/mol. The van der Waals surface area contributed by atoms with Gasteiger partial charge in [-0.2, -0.15) is 0 Å². The first-order valence-electron chi connectivity index (χ1n) is 9.19. The third kappa shape index (κ3) is 3.22. The summed E-state index contributed by atoms with van der Waals surface area (Å²) in [5.41, 5.74) is 9.04. The number of imidazole rings is 1. The summed E-state index contributed by atoms with van der Waals surface area (Å²) in [6.07, 6.45) is 3.96. The van der Waals surface area contributed by atoms with Crippen LogP contribution < -0.4 is 10.6 Å². The molecule has 2 aromatic carbocycles. The van der Waals surface area contributed by atoms with Crippen LogP contribution in [0.15, 0.2) is 77.1 Å². The second-order valence-corrected chi connectivity index (χ2v) is 6.92.